The van der Waals surface area contributed by atoms with Gasteiger partial charge in [0.15, 0.2) is 5.17 Å². The van der Waals surface area contributed by atoms with Gasteiger partial charge < -0.3 is 9.64 Å². The van der Waals surface area contributed by atoms with Gasteiger partial charge in [0.05, 0.1) is 12.7 Å². The molecule has 214 valence electrons. The van der Waals surface area contributed by atoms with E-state index in [0.717, 1.165) is 36.7 Å². The Morgan fingerprint density at radius 1 is 1.20 bits per heavy atom. The Kier molecular flexibility index (Phi) is 11.0. The van der Waals surface area contributed by atoms with E-state index in [1.807, 2.05) is 17.0 Å². The van der Waals surface area contributed by atoms with Gasteiger partial charge in [-0.3, -0.25) is 5.32 Å². The lowest BCUT2D eigenvalue weighted by atomic mass is 10.2. The molecule has 1 aromatic carbocycles. The Bertz CT molecular complexity index is 1570. The van der Waals surface area contributed by atoms with E-state index >= 15 is 0 Å². The molecule has 0 aliphatic carbocycles. The van der Waals surface area contributed by atoms with Gasteiger partial charge in [-0.05, 0) is 43.7 Å². The average molecular weight is 617 g/mol. The number of aryl methyl sites for hydroxylation is 2. The van der Waals surface area contributed by atoms with Gasteiger partial charge in [0.25, 0.3) is 10.0 Å². The number of halogens is 1. The summed E-state index contributed by atoms with van der Waals surface area (Å²) in [6, 6.07) is 9.72. The lowest BCUT2D eigenvalue weighted by Gasteiger charge is -2.16. The van der Waals surface area contributed by atoms with Crippen LogP contribution in [0.3, 0.4) is 0 Å². The van der Waals surface area contributed by atoms with Gasteiger partial charge in [-0.15, -0.1) is 4.99 Å². The Balaban J connectivity index is 0.000000248. The van der Waals surface area contributed by atoms with Crippen LogP contribution in [0.5, 0.6) is 0 Å². The van der Waals surface area contributed by atoms with Crippen LogP contribution in [0.15, 0.2) is 58.5 Å². The first-order valence-corrected chi connectivity index (χ1v) is 14.7. The van der Waals surface area contributed by atoms with Gasteiger partial charge in [0, 0.05) is 36.4 Å². The Morgan fingerprint density at radius 3 is 2.54 bits per heavy atom. The summed E-state index contributed by atoms with van der Waals surface area (Å²) in [5.41, 5.74) is 2.11. The van der Waals surface area contributed by atoms with Crippen LogP contribution in [-0.2, 0) is 21.3 Å². The van der Waals surface area contributed by atoms with E-state index < -0.39 is 22.0 Å². The second kappa shape index (κ2) is 14.4. The molecule has 2 amide bonds. The number of nitriles is 1. The third-order valence-electron chi connectivity index (χ3n) is 5.19. The maximum Gasteiger partial charge on any atom is 0.339 e. The maximum absolute atomic E-state index is 12.4. The van der Waals surface area contributed by atoms with Crippen molar-refractivity contribution in [3.05, 3.63) is 76.3 Å². The second-order valence-corrected chi connectivity index (χ2v) is 11.4. The number of rotatable bonds is 6. The van der Waals surface area contributed by atoms with E-state index in [9.17, 15) is 18.0 Å². The summed E-state index contributed by atoms with van der Waals surface area (Å²) in [5, 5.41) is 12.1. The molecule has 3 heterocycles. The average Bonchev–Trinajstić information content (AvgIpc) is 3.35. The van der Waals surface area contributed by atoms with Gasteiger partial charge in [0.2, 0.25) is 12.1 Å². The maximum atomic E-state index is 12.4. The number of pyridine rings is 1. The SMILES string of the molecule is COC(=O)c1ccccc1S(=O)(=O)NC(=O)Nc1nc(C)cc(C)n1.N#C/N=C1\SCCN1Cc1ccc(Cl)nc1. The van der Waals surface area contributed by atoms with Gasteiger partial charge >= 0.3 is 12.0 Å². The first-order chi connectivity index (χ1) is 19.5. The number of ether oxygens (including phenoxy) is 1. The Morgan fingerprint density at radius 2 is 1.90 bits per heavy atom. The number of carbonyl (C=O) groups is 2. The van der Waals surface area contributed by atoms with E-state index in [2.05, 4.69) is 34.9 Å². The van der Waals surface area contributed by atoms with Crippen LogP contribution in [0.1, 0.15) is 27.3 Å². The summed E-state index contributed by atoms with van der Waals surface area (Å²) in [6.07, 6.45) is 3.57. The zero-order valence-corrected chi connectivity index (χ0v) is 24.5. The standard InChI is InChI=1S/C15H16N4O5S.C10H9ClN4S/c1-9-8-10(2)17-14(16-9)18-15(21)19-25(22,23)12-7-5-4-6-11(12)13(20)24-3;11-9-2-1-8(5-13-9)6-15-3-4-16-10(15)14-7-12/h4-8H,1-3H3,(H2,16,17,18,19,21);1-2,5H,3-4,6H2/b;14-10-. The smallest absolute Gasteiger partial charge is 0.339 e. The summed E-state index contributed by atoms with van der Waals surface area (Å²) in [5.74, 6) is 0.104. The monoisotopic (exact) mass is 616 g/mol. The number of aliphatic imine (C=N–C) groups is 1. The fraction of sp³-hybridized carbons (Fsp3) is 0.240. The molecule has 1 fully saturated rings. The van der Waals surface area contributed by atoms with E-state index in [0.29, 0.717) is 16.5 Å². The van der Waals surface area contributed by atoms with Crippen LogP contribution in [0, 0.1) is 25.3 Å². The molecule has 0 saturated carbocycles. The molecule has 0 unspecified atom stereocenters. The van der Waals surface area contributed by atoms with Crippen LogP contribution in [0.25, 0.3) is 0 Å². The molecule has 3 aromatic rings. The number of amides is 2. The zero-order valence-electron chi connectivity index (χ0n) is 22.2. The van der Waals surface area contributed by atoms with Crippen molar-refractivity contribution in [1.29, 1.82) is 5.26 Å². The molecule has 2 N–H and O–H groups in total. The highest BCUT2D eigenvalue weighted by molar-refractivity contribution is 8.14. The van der Waals surface area contributed by atoms with Gasteiger partial charge in [0.1, 0.15) is 10.0 Å². The third kappa shape index (κ3) is 9.13. The van der Waals surface area contributed by atoms with Crippen LogP contribution in [0.2, 0.25) is 5.15 Å². The van der Waals surface area contributed by atoms with Crippen LogP contribution < -0.4 is 10.0 Å². The predicted molar refractivity (Wildman–Crippen MR) is 154 cm³/mol. The number of sulfonamides is 1. The first-order valence-electron chi connectivity index (χ1n) is 11.8. The fourth-order valence-electron chi connectivity index (χ4n) is 3.51. The highest BCUT2D eigenvalue weighted by Gasteiger charge is 2.25. The Labute approximate surface area is 246 Å². The molecule has 0 atom stereocenters. The summed E-state index contributed by atoms with van der Waals surface area (Å²) in [7, 11) is -3.18. The molecule has 2 aromatic heterocycles. The lowest BCUT2D eigenvalue weighted by Crippen LogP contribution is -2.35. The summed E-state index contributed by atoms with van der Waals surface area (Å²) >= 11 is 7.32. The summed E-state index contributed by atoms with van der Waals surface area (Å²) in [4.78, 5) is 41.1. The van der Waals surface area contributed by atoms with Crippen LogP contribution >= 0.6 is 23.4 Å². The number of thioether (sulfide) groups is 1. The highest BCUT2D eigenvalue weighted by Crippen LogP contribution is 2.20. The molecule has 4 rings (SSSR count). The van der Waals surface area contributed by atoms with E-state index in [4.69, 9.17) is 16.9 Å². The van der Waals surface area contributed by atoms with Crippen LogP contribution in [-0.4, -0.2) is 64.8 Å². The van der Waals surface area contributed by atoms with Gasteiger partial charge in [-0.2, -0.15) is 5.26 Å². The topological polar surface area (TPSA) is 180 Å². The van der Waals surface area contributed by atoms with Crippen molar-refractivity contribution in [3.63, 3.8) is 0 Å². The number of urea groups is 1. The molecule has 0 radical (unpaired) electrons. The predicted octanol–water partition coefficient (Wildman–Crippen LogP) is 3.51. The number of benzene rings is 1. The molecule has 16 heteroatoms. The number of carbonyl (C=O) groups excluding carboxylic acids is 2. The zero-order chi connectivity index (χ0) is 30.0. The number of nitrogens with one attached hydrogen (secondary N) is 2. The number of hydrogen-bond donors (Lipinski definition) is 2. The normalized spacial score (nSPS) is 13.5. The minimum absolute atomic E-state index is 0.0357. The van der Waals surface area contributed by atoms with Crippen LogP contribution in [0.4, 0.5) is 10.7 Å². The lowest BCUT2D eigenvalue weighted by molar-refractivity contribution is 0.0596. The number of anilines is 1. The molecule has 1 aliphatic rings. The minimum atomic E-state index is -4.30. The van der Waals surface area contributed by atoms with E-state index in [1.165, 1.54) is 24.3 Å². The number of methoxy groups -OCH3 is 1. The Hall–Kier alpha value is -4.26. The molecule has 0 spiro atoms. The largest absolute Gasteiger partial charge is 0.465 e. The number of nitrogens with zero attached hydrogens (tertiary/aromatic N) is 6. The highest BCUT2D eigenvalue weighted by atomic mass is 35.5. The third-order valence-corrected chi connectivity index (χ3v) is 7.79. The molecule has 13 nitrogen and oxygen atoms in total. The molecular formula is C25H25ClN8O5S2. The van der Waals surface area contributed by atoms with E-state index in [-0.39, 0.29) is 16.4 Å². The van der Waals surface area contributed by atoms with Crippen molar-refractivity contribution in [3.8, 4) is 6.19 Å². The fourth-order valence-corrected chi connectivity index (χ4v) is 5.67. The summed E-state index contributed by atoms with van der Waals surface area (Å²) in [6.45, 7) is 5.05. The molecule has 1 saturated heterocycles. The van der Waals surface area contributed by atoms with Crippen molar-refractivity contribution in [2.45, 2.75) is 25.3 Å². The molecule has 41 heavy (non-hydrogen) atoms. The quantitative estimate of drug-likeness (QED) is 0.235. The minimum Gasteiger partial charge on any atom is -0.465 e. The molecule has 0 bridgehead atoms. The number of hydrogen-bond acceptors (Lipinski definition) is 11. The van der Waals surface area contributed by atoms with E-state index in [1.54, 1.807) is 43.9 Å². The van der Waals surface area contributed by atoms with Crippen molar-refractivity contribution in [1.82, 2.24) is 24.6 Å². The van der Waals surface area contributed by atoms with Crippen molar-refractivity contribution in [2.24, 2.45) is 4.99 Å². The molecular weight excluding hydrogens is 592 g/mol. The summed E-state index contributed by atoms with van der Waals surface area (Å²) < 4.78 is 31.1. The van der Waals surface area contributed by atoms with Gasteiger partial charge in [-0.1, -0.05) is 41.6 Å². The number of esters is 1. The number of amidine groups is 1. The molecule has 1 aliphatic heterocycles. The van der Waals surface area contributed by atoms with Crippen molar-refractivity contribution < 1.29 is 22.7 Å². The van der Waals surface area contributed by atoms with Crippen molar-refractivity contribution in [2.75, 3.05) is 24.7 Å². The number of aromatic nitrogens is 3. The van der Waals surface area contributed by atoms with Gasteiger partial charge in [-0.25, -0.2) is 37.7 Å². The van der Waals surface area contributed by atoms with Crippen molar-refractivity contribution >= 4 is 56.5 Å². The first kappa shape index (κ1) is 31.3. The second-order valence-electron chi connectivity index (χ2n) is 8.28.